The van der Waals surface area contributed by atoms with Crippen molar-refractivity contribution in [2.24, 2.45) is 0 Å². The Morgan fingerprint density at radius 2 is 1.96 bits per heavy atom. The number of alkyl halides is 2. The summed E-state index contributed by atoms with van der Waals surface area (Å²) in [6.07, 6.45) is -1.32. The normalized spacial score (nSPS) is 10.9. The number of aromatic carboxylic acids is 1. The molecule has 2 rings (SSSR count). The number of rotatable bonds is 8. The second kappa shape index (κ2) is 8.66. The standard InChI is InChI=1S/C17H17F2NO4S/c1-2-20(9-15(18)19)16(21)12-5-3-4-6-14(12)25-10-13-11(17(22)23)7-8-24-13/h3-8,15H,2,9-10H2,1H3,(H,22,23). The smallest absolute Gasteiger partial charge is 0.339 e. The number of carbonyl (C=O) groups excluding carboxylic acids is 1. The molecule has 1 aromatic heterocycles. The second-order valence-electron chi connectivity index (χ2n) is 5.08. The third kappa shape index (κ3) is 4.82. The highest BCUT2D eigenvalue weighted by Gasteiger charge is 2.21. The number of hydrogen-bond donors (Lipinski definition) is 1. The van der Waals surface area contributed by atoms with E-state index in [9.17, 15) is 18.4 Å². The zero-order chi connectivity index (χ0) is 18.4. The van der Waals surface area contributed by atoms with E-state index in [4.69, 9.17) is 9.52 Å². The van der Waals surface area contributed by atoms with Crippen LogP contribution in [0.5, 0.6) is 0 Å². The zero-order valence-electron chi connectivity index (χ0n) is 13.4. The lowest BCUT2D eigenvalue weighted by Crippen LogP contribution is -2.35. The van der Waals surface area contributed by atoms with Crippen molar-refractivity contribution in [2.45, 2.75) is 24.0 Å². The van der Waals surface area contributed by atoms with Crippen molar-refractivity contribution < 1.29 is 27.9 Å². The van der Waals surface area contributed by atoms with Crippen LogP contribution in [-0.2, 0) is 5.75 Å². The van der Waals surface area contributed by atoms with Crippen molar-refractivity contribution in [1.29, 1.82) is 0 Å². The van der Waals surface area contributed by atoms with E-state index in [-0.39, 0.29) is 23.6 Å². The van der Waals surface area contributed by atoms with Crippen LogP contribution in [0.3, 0.4) is 0 Å². The number of hydrogen-bond acceptors (Lipinski definition) is 4. The van der Waals surface area contributed by atoms with E-state index in [0.717, 1.165) is 4.90 Å². The van der Waals surface area contributed by atoms with E-state index in [1.807, 2.05) is 0 Å². The van der Waals surface area contributed by atoms with Crippen molar-refractivity contribution in [3.63, 3.8) is 0 Å². The van der Waals surface area contributed by atoms with Crippen LogP contribution >= 0.6 is 11.8 Å². The number of carbonyl (C=O) groups is 2. The number of benzene rings is 1. The molecule has 0 atom stereocenters. The van der Waals surface area contributed by atoms with Crippen molar-refractivity contribution >= 4 is 23.6 Å². The predicted molar refractivity (Wildman–Crippen MR) is 89.3 cm³/mol. The molecule has 0 saturated carbocycles. The minimum atomic E-state index is -2.61. The highest BCUT2D eigenvalue weighted by atomic mass is 32.2. The van der Waals surface area contributed by atoms with Crippen molar-refractivity contribution in [3.05, 3.63) is 53.5 Å². The molecule has 1 aromatic carbocycles. The Morgan fingerprint density at radius 1 is 1.24 bits per heavy atom. The van der Waals surface area contributed by atoms with Crippen LogP contribution in [0, 0.1) is 0 Å². The van der Waals surface area contributed by atoms with E-state index in [2.05, 4.69) is 0 Å². The monoisotopic (exact) mass is 369 g/mol. The average Bonchev–Trinajstić information content (AvgIpc) is 3.06. The van der Waals surface area contributed by atoms with Gasteiger partial charge in [0.2, 0.25) is 0 Å². The Bertz CT molecular complexity index is 748. The fourth-order valence-electron chi connectivity index (χ4n) is 2.25. The lowest BCUT2D eigenvalue weighted by atomic mass is 10.2. The first-order chi connectivity index (χ1) is 11.9. The summed E-state index contributed by atoms with van der Waals surface area (Å²) in [6.45, 7) is 1.18. The number of furan rings is 1. The van der Waals surface area contributed by atoms with Gasteiger partial charge in [-0.1, -0.05) is 12.1 Å². The summed E-state index contributed by atoms with van der Waals surface area (Å²) in [7, 11) is 0. The topological polar surface area (TPSA) is 70.8 Å². The molecule has 0 unspecified atom stereocenters. The largest absolute Gasteiger partial charge is 0.478 e. The number of halogens is 2. The van der Waals surface area contributed by atoms with Crippen LogP contribution in [0.4, 0.5) is 8.78 Å². The summed E-state index contributed by atoms with van der Waals surface area (Å²) in [5, 5.41) is 9.08. The van der Waals surface area contributed by atoms with E-state index in [1.54, 1.807) is 31.2 Å². The molecule has 0 radical (unpaired) electrons. The molecule has 0 aliphatic carbocycles. The molecule has 0 aliphatic heterocycles. The third-order valence-corrected chi connectivity index (χ3v) is 4.55. The van der Waals surface area contributed by atoms with Gasteiger partial charge in [-0.25, -0.2) is 13.6 Å². The molecular formula is C17H17F2NO4S. The first kappa shape index (κ1) is 19.0. The first-order valence-corrected chi connectivity index (χ1v) is 8.51. The zero-order valence-corrected chi connectivity index (χ0v) is 14.3. The van der Waals surface area contributed by atoms with E-state index in [1.165, 1.54) is 24.1 Å². The lowest BCUT2D eigenvalue weighted by molar-refractivity contribution is 0.0566. The van der Waals surface area contributed by atoms with Crippen molar-refractivity contribution in [2.75, 3.05) is 13.1 Å². The second-order valence-corrected chi connectivity index (χ2v) is 6.10. The molecule has 2 aromatic rings. The fourth-order valence-corrected chi connectivity index (χ4v) is 3.24. The number of carboxylic acids is 1. The van der Waals surface area contributed by atoms with Gasteiger partial charge in [-0.3, -0.25) is 4.79 Å². The van der Waals surface area contributed by atoms with Crippen LogP contribution in [0.15, 0.2) is 45.9 Å². The van der Waals surface area contributed by atoms with Crippen LogP contribution in [0.1, 0.15) is 33.4 Å². The summed E-state index contributed by atoms with van der Waals surface area (Å²) in [4.78, 5) is 25.3. The summed E-state index contributed by atoms with van der Waals surface area (Å²) in [5.41, 5.74) is 0.364. The molecule has 134 valence electrons. The summed E-state index contributed by atoms with van der Waals surface area (Å²) in [6, 6.07) is 8.00. The van der Waals surface area contributed by atoms with Gasteiger partial charge in [0.1, 0.15) is 11.3 Å². The van der Waals surface area contributed by atoms with E-state index < -0.39 is 24.8 Å². The van der Waals surface area contributed by atoms with Gasteiger partial charge >= 0.3 is 5.97 Å². The van der Waals surface area contributed by atoms with Crippen LogP contribution < -0.4 is 0 Å². The first-order valence-electron chi connectivity index (χ1n) is 7.53. The Hall–Kier alpha value is -2.35. The van der Waals surface area contributed by atoms with Gasteiger partial charge in [0, 0.05) is 11.4 Å². The van der Waals surface area contributed by atoms with Crippen LogP contribution in [0.2, 0.25) is 0 Å². The molecule has 0 fully saturated rings. The minimum absolute atomic E-state index is 0.0594. The van der Waals surface area contributed by atoms with Gasteiger partial charge < -0.3 is 14.4 Å². The molecule has 5 nitrogen and oxygen atoms in total. The SMILES string of the molecule is CCN(CC(F)F)C(=O)c1ccccc1SCc1occc1C(=O)O. The molecule has 0 bridgehead atoms. The van der Waals surface area contributed by atoms with Gasteiger partial charge in [0.05, 0.1) is 24.1 Å². The van der Waals surface area contributed by atoms with Gasteiger partial charge in [0.15, 0.2) is 0 Å². The Labute approximate surface area is 147 Å². The third-order valence-electron chi connectivity index (χ3n) is 3.48. The van der Waals surface area contributed by atoms with Crippen molar-refractivity contribution in [3.8, 4) is 0 Å². The number of thioether (sulfide) groups is 1. The van der Waals surface area contributed by atoms with Crippen LogP contribution in [-0.4, -0.2) is 41.4 Å². The molecule has 1 amide bonds. The Morgan fingerprint density at radius 3 is 2.60 bits per heavy atom. The van der Waals surface area contributed by atoms with E-state index in [0.29, 0.717) is 10.5 Å². The summed E-state index contributed by atoms with van der Waals surface area (Å²) in [5.74, 6) is -1.09. The average molecular weight is 369 g/mol. The molecule has 0 saturated heterocycles. The Kier molecular flexibility index (Phi) is 6.58. The van der Waals surface area contributed by atoms with Crippen molar-refractivity contribution in [1.82, 2.24) is 4.90 Å². The van der Waals surface area contributed by atoms with E-state index >= 15 is 0 Å². The maximum Gasteiger partial charge on any atom is 0.339 e. The predicted octanol–water partition coefficient (Wildman–Crippen LogP) is 4.00. The molecule has 25 heavy (non-hydrogen) atoms. The van der Waals surface area contributed by atoms with Gasteiger partial charge in [-0.2, -0.15) is 0 Å². The maximum atomic E-state index is 12.6. The number of nitrogens with zero attached hydrogens (tertiary/aromatic N) is 1. The highest BCUT2D eigenvalue weighted by Crippen LogP contribution is 2.29. The van der Waals surface area contributed by atoms with Crippen LogP contribution in [0.25, 0.3) is 0 Å². The molecule has 1 N–H and O–H groups in total. The molecule has 0 spiro atoms. The van der Waals surface area contributed by atoms with Gasteiger partial charge in [-0.15, -0.1) is 11.8 Å². The summed E-state index contributed by atoms with van der Waals surface area (Å²) >= 11 is 1.22. The molecular weight excluding hydrogens is 352 g/mol. The number of amides is 1. The molecule has 8 heteroatoms. The maximum absolute atomic E-state index is 12.6. The fraction of sp³-hybridized carbons (Fsp3) is 0.294. The Balaban J connectivity index is 2.18. The minimum Gasteiger partial charge on any atom is -0.478 e. The highest BCUT2D eigenvalue weighted by molar-refractivity contribution is 7.98. The van der Waals surface area contributed by atoms with Gasteiger partial charge in [0.25, 0.3) is 12.3 Å². The van der Waals surface area contributed by atoms with Gasteiger partial charge in [-0.05, 0) is 25.1 Å². The lowest BCUT2D eigenvalue weighted by Gasteiger charge is -2.21. The summed E-state index contributed by atoms with van der Waals surface area (Å²) < 4.78 is 30.4. The molecule has 0 aliphatic rings. The number of carboxylic acid groups (broad SMARTS) is 1. The quantitative estimate of drug-likeness (QED) is 0.712. The molecule has 1 heterocycles.